The van der Waals surface area contributed by atoms with E-state index in [0.29, 0.717) is 25.4 Å². The zero-order chi connectivity index (χ0) is 19.2. The number of quaternary nitrogens is 1. The summed E-state index contributed by atoms with van der Waals surface area (Å²) >= 11 is 0. The number of halogens is 1. The fraction of sp³-hybridized carbons (Fsp3) is 0.350. The summed E-state index contributed by atoms with van der Waals surface area (Å²) in [5, 5.41) is 2.92. The summed E-state index contributed by atoms with van der Waals surface area (Å²) in [4.78, 5) is 13.3. The molecule has 0 bridgehead atoms. The van der Waals surface area contributed by atoms with Crippen molar-refractivity contribution in [2.75, 3.05) is 27.0 Å². The van der Waals surface area contributed by atoms with Gasteiger partial charge in [0.1, 0.15) is 6.54 Å². The Labute approximate surface area is 157 Å². The van der Waals surface area contributed by atoms with E-state index in [0.717, 1.165) is 28.3 Å². The number of fused-ring (bicyclic) bond motifs is 1. The van der Waals surface area contributed by atoms with Crippen LogP contribution in [0.25, 0.3) is 0 Å². The molecule has 2 aromatic carbocycles. The maximum absolute atomic E-state index is 13.8. The summed E-state index contributed by atoms with van der Waals surface area (Å²) in [6, 6.07) is 10.5. The summed E-state index contributed by atoms with van der Waals surface area (Å²) < 4.78 is 29.4. The highest BCUT2D eigenvalue weighted by atomic mass is 19.1. The fourth-order valence-electron chi connectivity index (χ4n) is 2.96. The molecular formula is C20H24FN2O4+. The van der Waals surface area contributed by atoms with Crippen molar-refractivity contribution in [2.24, 2.45) is 0 Å². The highest BCUT2D eigenvalue weighted by Gasteiger charge is 2.16. The first-order chi connectivity index (χ1) is 13.1. The summed E-state index contributed by atoms with van der Waals surface area (Å²) in [7, 11) is 1.44. The number of benzene rings is 2. The maximum Gasteiger partial charge on any atom is 0.275 e. The average Bonchev–Trinajstić information content (AvgIpc) is 3.14. The van der Waals surface area contributed by atoms with Crippen molar-refractivity contribution in [2.45, 2.75) is 20.0 Å². The van der Waals surface area contributed by atoms with Crippen LogP contribution in [0.4, 0.5) is 4.39 Å². The van der Waals surface area contributed by atoms with Crippen LogP contribution in [-0.2, 0) is 17.9 Å². The van der Waals surface area contributed by atoms with Gasteiger partial charge in [0.2, 0.25) is 6.79 Å². The van der Waals surface area contributed by atoms with E-state index in [1.54, 1.807) is 6.07 Å². The lowest BCUT2D eigenvalue weighted by molar-refractivity contribution is -0.904. The van der Waals surface area contributed by atoms with Gasteiger partial charge in [0.25, 0.3) is 5.91 Å². The van der Waals surface area contributed by atoms with E-state index in [-0.39, 0.29) is 18.4 Å². The standard InChI is InChI=1S/C20H23FN2O4/c1-3-23(11-15-5-6-17(25-2)16(21)8-15)12-20(24)22-10-14-4-7-18-19(9-14)27-13-26-18/h4-9H,3,10-13H2,1-2H3,(H,22,24)/p+1. The van der Waals surface area contributed by atoms with Crippen molar-refractivity contribution >= 4 is 5.91 Å². The molecule has 2 N–H and O–H groups in total. The van der Waals surface area contributed by atoms with Crippen LogP contribution in [0.1, 0.15) is 18.1 Å². The lowest BCUT2D eigenvalue weighted by atomic mass is 10.2. The summed E-state index contributed by atoms with van der Waals surface area (Å²) in [6.07, 6.45) is 0. The van der Waals surface area contributed by atoms with Gasteiger partial charge in [-0.05, 0) is 42.8 Å². The normalized spacial score (nSPS) is 13.3. The van der Waals surface area contributed by atoms with Gasteiger partial charge in [-0.3, -0.25) is 4.79 Å². The van der Waals surface area contributed by atoms with Crippen LogP contribution in [0.2, 0.25) is 0 Å². The number of ether oxygens (including phenoxy) is 3. The first-order valence-corrected chi connectivity index (χ1v) is 8.90. The molecule has 1 unspecified atom stereocenters. The molecule has 144 valence electrons. The van der Waals surface area contributed by atoms with Crippen molar-refractivity contribution in [3.05, 3.63) is 53.3 Å². The molecule has 0 radical (unpaired) electrons. The van der Waals surface area contributed by atoms with Crippen LogP contribution >= 0.6 is 0 Å². The Kier molecular flexibility index (Phi) is 6.13. The van der Waals surface area contributed by atoms with Gasteiger partial charge in [0.05, 0.1) is 13.7 Å². The number of hydrogen-bond acceptors (Lipinski definition) is 4. The van der Waals surface area contributed by atoms with Gasteiger partial charge in [-0.15, -0.1) is 0 Å². The molecule has 1 amide bonds. The Bertz CT molecular complexity index is 813. The van der Waals surface area contributed by atoms with E-state index >= 15 is 0 Å². The molecular weight excluding hydrogens is 351 g/mol. The van der Waals surface area contributed by atoms with Crippen LogP contribution in [0.3, 0.4) is 0 Å². The monoisotopic (exact) mass is 375 g/mol. The first-order valence-electron chi connectivity index (χ1n) is 8.90. The number of carbonyl (C=O) groups excluding carboxylic acids is 1. The summed E-state index contributed by atoms with van der Waals surface area (Å²) in [5.74, 6) is 1.19. The van der Waals surface area contributed by atoms with Gasteiger partial charge < -0.3 is 24.4 Å². The molecule has 1 aliphatic rings. The smallest absolute Gasteiger partial charge is 0.275 e. The minimum Gasteiger partial charge on any atom is -0.494 e. The molecule has 2 aromatic rings. The number of hydrogen-bond donors (Lipinski definition) is 2. The van der Waals surface area contributed by atoms with E-state index in [2.05, 4.69) is 5.32 Å². The molecule has 1 aliphatic heterocycles. The second-order valence-electron chi connectivity index (χ2n) is 6.39. The van der Waals surface area contributed by atoms with Gasteiger partial charge in [-0.25, -0.2) is 4.39 Å². The van der Waals surface area contributed by atoms with Crippen molar-refractivity contribution in [1.82, 2.24) is 5.32 Å². The SMILES string of the molecule is CC[NH+](CC(=O)NCc1ccc2c(c1)OCO2)Cc1ccc(OC)c(F)c1. The van der Waals surface area contributed by atoms with Crippen molar-refractivity contribution in [3.8, 4) is 17.2 Å². The molecule has 1 heterocycles. The van der Waals surface area contributed by atoms with Gasteiger partial charge in [0.15, 0.2) is 29.6 Å². The minimum absolute atomic E-state index is 0.0569. The highest BCUT2D eigenvalue weighted by Crippen LogP contribution is 2.32. The lowest BCUT2D eigenvalue weighted by Gasteiger charge is -2.17. The van der Waals surface area contributed by atoms with E-state index < -0.39 is 5.82 Å². The van der Waals surface area contributed by atoms with Gasteiger partial charge in [-0.2, -0.15) is 0 Å². The quantitative estimate of drug-likeness (QED) is 0.730. The third-order valence-electron chi connectivity index (χ3n) is 4.51. The molecule has 7 heteroatoms. The van der Waals surface area contributed by atoms with Crippen molar-refractivity contribution in [1.29, 1.82) is 0 Å². The van der Waals surface area contributed by atoms with Crippen LogP contribution in [0.5, 0.6) is 17.2 Å². The zero-order valence-corrected chi connectivity index (χ0v) is 15.5. The van der Waals surface area contributed by atoms with E-state index in [1.807, 2.05) is 31.2 Å². The second-order valence-corrected chi connectivity index (χ2v) is 6.39. The van der Waals surface area contributed by atoms with Crippen LogP contribution in [-0.4, -0.2) is 32.9 Å². The second kappa shape index (κ2) is 8.73. The zero-order valence-electron chi connectivity index (χ0n) is 15.5. The number of carbonyl (C=O) groups is 1. The van der Waals surface area contributed by atoms with Gasteiger partial charge in [0, 0.05) is 12.1 Å². The van der Waals surface area contributed by atoms with E-state index in [4.69, 9.17) is 14.2 Å². The third kappa shape index (κ3) is 4.89. The molecule has 0 spiro atoms. The molecule has 0 saturated heterocycles. The number of amides is 1. The molecule has 0 saturated carbocycles. The Morgan fingerprint density at radius 1 is 1.19 bits per heavy atom. The lowest BCUT2D eigenvalue weighted by Crippen LogP contribution is -3.11. The molecule has 0 fully saturated rings. The predicted molar refractivity (Wildman–Crippen MR) is 97.4 cm³/mol. The van der Waals surface area contributed by atoms with Crippen molar-refractivity contribution < 1.29 is 28.3 Å². The number of likely N-dealkylation sites (N-methyl/N-ethyl adjacent to an activating group) is 1. The largest absolute Gasteiger partial charge is 0.494 e. The van der Waals surface area contributed by atoms with Gasteiger partial charge in [-0.1, -0.05) is 6.07 Å². The molecule has 27 heavy (non-hydrogen) atoms. The van der Waals surface area contributed by atoms with Gasteiger partial charge >= 0.3 is 0 Å². The molecule has 6 nitrogen and oxygen atoms in total. The Hall–Kier alpha value is -2.80. The topological polar surface area (TPSA) is 61.2 Å². The average molecular weight is 375 g/mol. The molecule has 0 aromatic heterocycles. The highest BCUT2D eigenvalue weighted by molar-refractivity contribution is 5.76. The third-order valence-corrected chi connectivity index (χ3v) is 4.51. The summed E-state index contributed by atoms with van der Waals surface area (Å²) in [6.45, 7) is 4.28. The maximum atomic E-state index is 13.8. The van der Waals surface area contributed by atoms with Crippen LogP contribution in [0.15, 0.2) is 36.4 Å². The Morgan fingerprint density at radius 3 is 2.70 bits per heavy atom. The van der Waals surface area contributed by atoms with E-state index in [9.17, 15) is 9.18 Å². The predicted octanol–water partition coefficient (Wildman–Crippen LogP) is 1.28. The fourth-order valence-corrected chi connectivity index (χ4v) is 2.96. The molecule has 0 aliphatic carbocycles. The Morgan fingerprint density at radius 2 is 1.96 bits per heavy atom. The van der Waals surface area contributed by atoms with E-state index in [1.165, 1.54) is 13.2 Å². The molecule has 1 atom stereocenters. The van der Waals surface area contributed by atoms with Crippen molar-refractivity contribution in [3.63, 3.8) is 0 Å². The first kappa shape index (κ1) is 19.0. The number of rotatable bonds is 8. The summed E-state index contributed by atoms with van der Waals surface area (Å²) in [5.41, 5.74) is 1.77. The number of nitrogens with one attached hydrogen (secondary N) is 2. The number of methoxy groups -OCH3 is 1. The Balaban J connectivity index is 1.51. The van der Waals surface area contributed by atoms with Crippen LogP contribution < -0.4 is 24.4 Å². The minimum atomic E-state index is -0.391. The molecule has 3 rings (SSSR count). The van der Waals surface area contributed by atoms with Crippen LogP contribution in [0, 0.1) is 5.82 Å².